The minimum absolute atomic E-state index is 0.00671. The van der Waals surface area contributed by atoms with Crippen molar-refractivity contribution in [1.29, 1.82) is 0 Å². The third kappa shape index (κ3) is 2.26. The minimum Gasteiger partial charge on any atom is -0.469 e. The number of hydrogen-bond donors (Lipinski definition) is 0. The van der Waals surface area contributed by atoms with Gasteiger partial charge in [-0.3, -0.25) is 9.59 Å². The van der Waals surface area contributed by atoms with E-state index in [1.807, 2.05) is 26.0 Å². The van der Waals surface area contributed by atoms with Gasteiger partial charge in [0.15, 0.2) is 0 Å². The average Bonchev–Trinajstić information content (AvgIpc) is 2.29. The van der Waals surface area contributed by atoms with Crippen LogP contribution in [0.15, 0.2) is 12.2 Å². The highest BCUT2D eigenvalue weighted by atomic mass is 16.5. The summed E-state index contributed by atoms with van der Waals surface area (Å²) >= 11 is 0. The second-order valence-corrected chi connectivity index (χ2v) is 4.20. The van der Waals surface area contributed by atoms with Crippen LogP contribution in [0.1, 0.15) is 13.8 Å². The second kappa shape index (κ2) is 5.14. The van der Waals surface area contributed by atoms with Gasteiger partial charge in [-0.1, -0.05) is 26.0 Å². The van der Waals surface area contributed by atoms with Gasteiger partial charge in [0.05, 0.1) is 26.1 Å². The van der Waals surface area contributed by atoms with Crippen molar-refractivity contribution in [3.63, 3.8) is 0 Å². The summed E-state index contributed by atoms with van der Waals surface area (Å²) in [4.78, 5) is 23.4. The highest BCUT2D eigenvalue weighted by Crippen LogP contribution is 2.35. The molecule has 0 saturated heterocycles. The van der Waals surface area contributed by atoms with Crippen molar-refractivity contribution in [2.75, 3.05) is 14.2 Å². The van der Waals surface area contributed by atoms with Crippen molar-refractivity contribution in [3.8, 4) is 0 Å². The first-order valence-corrected chi connectivity index (χ1v) is 5.37. The fourth-order valence-electron chi connectivity index (χ4n) is 2.24. The molecule has 0 aliphatic heterocycles. The lowest BCUT2D eigenvalue weighted by Crippen LogP contribution is -2.40. The van der Waals surface area contributed by atoms with Crippen molar-refractivity contribution in [2.45, 2.75) is 13.8 Å². The van der Waals surface area contributed by atoms with Crippen LogP contribution in [0.5, 0.6) is 0 Å². The van der Waals surface area contributed by atoms with Gasteiger partial charge in [0, 0.05) is 0 Å². The number of hydrogen-bond acceptors (Lipinski definition) is 4. The molecule has 0 aromatic carbocycles. The van der Waals surface area contributed by atoms with Gasteiger partial charge in [-0.2, -0.15) is 0 Å². The lowest BCUT2D eigenvalue weighted by atomic mass is 9.71. The Bertz CT molecular complexity index is 278. The lowest BCUT2D eigenvalue weighted by molar-refractivity contribution is -0.161. The minimum atomic E-state index is -0.447. The molecule has 0 radical (unpaired) electrons. The Balaban J connectivity index is 3.02. The molecule has 1 rings (SSSR count). The number of rotatable bonds is 2. The van der Waals surface area contributed by atoms with Gasteiger partial charge in [0.25, 0.3) is 0 Å². The predicted molar refractivity (Wildman–Crippen MR) is 58.5 cm³/mol. The van der Waals surface area contributed by atoms with Crippen LogP contribution in [0.25, 0.3) is 0 Å². The van der Waals surface area contributed by atoms with Crippen LogP contribution in [0.3, 0.4) is 0 Å². The Labute approximate surface area is 95.6 Å². The zero-order chi connectivity index (χ0) is 12.3. The molecule has 16 heavy (non-hydrogen) atoms. The van der Waals surface area contributed by atoms with Gasteiger partial charge in [-0.25, -0.2) is 0 Å². The van der Waals surface area contributed by atoms with E-state index in [0.29, 0.717) is 0 Å². The van der Waals surface area contributed by atoms with Crippen molar-refractivity contribution in [3.05, 3.63) is 12.2 Å². The van der Waals surface area contributed by atoms with Crippen LogP contribution >= 0.6 is 0 Å². The normalized spacial score (nSPS) is 33.2. The quantitative estimate of drug-likeness (QED) is 0.527. The van der Waals surface area contributed by atoms with Gasteiger partial charge >= 0.3 is 11.9 Å². The third-order valence-corrected chi connectivity index (χ3v) is 3.18. The summed E-state index contributed by atoms with van der Waals surface area (Å²) in [5.74, 6) is -1.60. The van der Waals surface area contributed by atoms with E-state index in [1.165, 1.54) is 14.2 Å². The molecule has 0 bridgehead atoms. The van der Waals surface area contributed by atoms with E-state index in [9.17, 15) is 9.59 Å². The highest BCUT2D eigenvalue weighted by Gasteiger charge is 2.43. The molecule has 4 nitrogen and oxygen atoms in total. The van der Waals surface area contributed by atoms with Crippen LogP contribution in [-0.2, 0) is 19.1 Å². The van der Waals surface area contributed by atoms with Crippen LogP contribution < -0.4 is 0 Å². The maximum Gasteiger partial charge on any atom is 0.310 e. The second-order valence-electron chi connectivity index (χ2n) is 4.20. The van der Waals surface area contributed by atoms with Crippen molar-refractivity contribution >= 4 is 11.9 Å². The third-order valence-electron chi connectivity index (χ3n) is 3.18. The zero-order valence-corrected chi connectivity index (χ0v) is 10.1. The van der Waals surface area contributed by atoms with Crippen molar-refractivity contribution in [1.82, 2.24) is 0 Å². The standard InChI is InChI=1S/C12H18O4/c1-7-5-6-8(2)10(12(14)16-4)9(7)11(13)15-3/h5-10H,1-4H3/t7-,8-,9-,10+/m0/s1. The van der Waals surface area contributed by atoms with E-state index in [2.05, 4.69) is 0 Å². The Morgan fingerprint density at radius 3 is 1.44 bits per heavy atom. The maximum atomic E-state index is 11.7. The predicted octanol–water partition coefficient (Wildman–Crippen LogP) is 1.41. The molecule has 0 saturated carbocycles. The fourth-order valence-corrected chi connectivity index (χ4v) is 2.24. The summed E-state index contributed by atoms with van der Waals surface area (Å²) in [5, 5.41) is 0. The number of methoxy groups -OCH3 is 2. The number of carbonyl (C=O) groups excluding carboxylic acids is 2. The Morgan fingerprint density at radius 2 is 1.19 bits per heavy atom. The van der Waals surface area contributed by atoms with Gasteiger partial charge in [-0.15, -0.1) is 0 Å². The number of allylic oxidation sites excluding steroid dienone is 2. The summed E-state index contributed by atoms with van der Waals surface area (Å²) in [6.45, 7) is 3.81. The molecular weight excluding hydrogens is 208 g/mol. The van der Waals surface area contributed by atoms with Gasteiger partial charge in [0.1, 0.15) is 0 Å². The monoisotopic (exact) mass is 226 g/mol. The van der Waals surface area contributed by atoms with Gasteiger partial charge in [0.2, 0.25) is 0 Å². The van der Waals surface area contributed by atoms with Gasteiger partial charge in [-0.05, 0) is 11.8 Å². The Morgan fingerprint density at radius 1 is 0.875 bits per heavy atom. The largest absolute Gasteiger partial charge is 0.469 e. The molecule has 1 aliphatic carbocycles. The van der Waals surface area contributed by atoms with Crippen LogP contribution in [0, 0.1) is 23.7 Å². The number of esters is 2. The molecule has 0 N–H and O–H groups in total. The average molecular weight is 226 g/mol. The van der Waals surface area contributed by atoms with E-state index in [-0.39, 0.29) is 23.8 Å². The molecule has 4 heteroatoms. The smallest absolute Gasteiger partial charge is 0.310 e. The first-order chi connectivity index (χ1) is 7.52. The molecule has 4 atom stereocenters. The maximum absolute atomic E-state index is 11.7. The molecule has 0 fully saturated rings. The molecule has 0 heterocycles. The summed E-state index contributed by atoms with van der Waals surface area (Å²) < 4.78 is 9.51. The summed E-state index contributed by atoms with van der Waals surface area (Å²) in [7, 11) is 2.68. The number of carbonyl (C=O) groups is 2. The van der Waals surface area contributed by atoms with Crippen LogP contribution in [-0.4, -0.2) is 26.2 Å². The fraction of sp³-hybridized carbons (Fsp3) is 0.667. The molecule has 1 aliphatic rings. The molecular formula is C12H18O4. The van der Waals surface area contributed by atoms with E-state index in [1.54, 1.807) is 0 Å². The van der Waals surface area contributed by atoms with Crippen molar-refractivity contribution in [2.24, 2.45) is 23.7 Å². The van der Waals surface area contributed by atoms with E-state index in [4.69, 9.17) is 9.47 Å². The molecule has 90 valence electrons. The SMILES string of the molecule is COC(=O)[C@@H]1[C@H](C(=O)OC)[C@@H](C)C=C[C@@H]1C. The summed E-state index contributed by atoms with van der Waals surface area (Å²) in [6, 6.07) is 0. The van der Waals surface area contributed by atoms with Crippen LogP contribution in [0.2, 0.25) is 0 Å². The van der Waals surface area contributed by atoms with Crippen molar-refractivity contribution < 1.29 is 19.1 Å². The van der Waals surface area contributed by atoms with Gasteiger partial charge < -0.3 is 9.47 Å². The molecule has 0 spiro atoms. The first kappa shape index (κ1) is 12.7. The summed E-state index contributed by atoms with van der Waals surface area (Å²) in [6.07, 6.45) is 3.90. The highest BCUT2D eigenvalue weighted by molar-refractivity contribution is 5.83. The molecule has 0 unspecified atom stereocenters. The number of ether oxygens (including phenoxy) is 2. The molecule has 0 amide bonds. The first-order valence-electron chi connectivity index (χ1n) is 5.37. The molecule has 0 aromatic rings. The lowest BCUT2D eigenvalue weighted by Gasteiger charge is -2.33. The zero-order valence-electron chi connectivity index (χ0n) is 10.1. The van der Waals surface area contributed by atoms with Crippen LogP contribution in [0.4, 0.5) is 0 Å². The van der Waals surface area contributed by atoms with E-state index < -0.39 is 11.8 Å². The molecule has 0 aromatic heterocycles. The summed E-state index contributed by atoms with van der Waals surface area (Å²) in [5.41, 5.74) is 0. The van der Waals surface area contributed by atoms with E-state index >= 15 is 0 Å². The Kier molecular flexibility index (Phi) is 4.10. The topological polar surface area (TPSA) is 52.6 Å². The Hall–Kier alpha value is -1.32. The van der Waals surface area contributed by atoms with E-state index in [0.717, 1.165) is 0 Å².